The van der Waals surface area contributed by atoms with E-state index in [2.05, 4.69) is 58.0 Å². The van der Waals surface area contributed by atoms with Gasteiger partial charge in [0.2, 0.25) is 0 Å². The smallest absolute Gasteiger partial charge is 0.123 e. The first-order valence-electron chi connectivity index (χ1n) is 21.2. The third-order valence-electron chi connectivity index (χ3n) is 10.5. The first kappa shape index (κ1) is 43.5. The summed E-state index contributed by atoms with van der Waals surface area (Å²) >= 11 is 0. The third kappa shape index (κ3) is 19.7. The van der Waals surface area contributed by atoms with Gasteiger partial charge in [0, 0.05) is 5.56 Å². The predicted molar refractivity (Wildman–Crippen MR) is 225 cm³/mol. The molecule has 2 aromatic carbocycles. The maximum absolute atomic E-state index is 6.06. The summed E-state index contributed by atoms with van der Waals surface area (Å²) in [7, 11) is 1.96. The Kier molecular flexibility index (Phi) is 27.2. The molecule has 276 valence electrons. The third-order valence-corrected chi connectivity index (χ3v) is 15.8. The van der Waals surface area contributed by atoms with Crippen molar-refractivity contribution < 1.29 is 4.74 Å². The van der Waals surface area contributed by atoms with Crippen molar-refractivity contribution in [2.75, 3.05) is 31.8 Å². The highest BCUT2D eigenvalue weighted by molar-refractivity contribution is 7.57. The SMILES string of the molecule is CCCCCCCCP(CCCCCCCC)Cc1ccc2c(CP(CCCCCCCC)CCCCCCCC)c(OC)ccc2c1. The molecule has 0 atom stereocenters. The fourth-order valence-corrected chi connectivity index (χ4v) is 12.6. The van der Waals surface area contributed by atoms with E-state index in [0.29, 0.717) is 0 Å². The maximum Gasteiger partial charge on any atom is 0.123 e. The van der Waals surface area contributed by atoms with Crippen molar-refractivity contribution in [3.63, 3.8) is 0 Å². The number of methoxy groups -OCH3 is 1. The number of hydrogen-bond acceptors (Lipinski definition) is 1. The topological polar surface area (TPSA) is 9.23 Å². The first-order valence-corrected chi connectivity index (χ1v) is 25.0. The van der Waals surface area contributed by atoms with Crippen molar-refractivity contribution in [1.82, 2.24) is 0 Å². The maximum atomic E-state index is 6.06. The molecule has 0 heterocycles. The quantitative estimate of drug-likeness (QED) is 0.0533. The molecule has 1 nitrogen and oxygen atoms in total. The Bertz CT molecular complexity index is 987. The highest BCUT2D eigenvalue weighted by Crippen LogP contribution is 2.47. The Hall–Kier alpha value is -0.640. The summed E-state index contributed by atoms with van der Waals surface area (Å²) in [5.41, 5.74) is 3.09. The molecule has 0 fully saturated rings. The molecule has 2 rings (SSSR count). The second kappa shape index (κ2) is 30.0. The van der Waals surface area contributed by atoms with Crippen LogP contribution in [0.25, 0.3) is 10.8 Å². The monoisotopic (exact) mass is 699 g/mol. The zero-order chi connectivity index (χ0) is 34.5. The molecule has 2 aromatic rings. The molecule has 3 heteroatoms. The molecule has 0 saturated carbocycles. The van der Waals surface area contributed by atoms with Crippen molar-refractivity contribution in [2.45, 2.75) is 194 Å². The fourth-order valence-electron chi connectivity index (χ4n) is 7.36. The van der Waals surface area contributed by atoms with Gasteiger partial charge in [0.25, 0.3) is 0 Å². The van der Waals surface area contributed by atoms with Crippen molar-refractivity contribution in [1.29, 1.82) is 0 Å². The summed E-state index contributed by atoms with van der Waals surface area (Å²) in [6.45, 7) is 9.31. The van der Waals surface area contributed by atoms with Gasteiger partial charge in [-0.25, -0.2) is 0 Å². The van der Waals surface area contributed by atoms with E-state index < -0.39 is 0 Å². The molecule has 0 aliphatic heterocycles. The lowest BCUT2D eigenvalue weighted by Crippen LogP contribution is -2.00. The Morgan fingerprint density at radius 1 is 0.438 bits per heavy atom. The summed E-state index contributed by atoms with van der Waals surface area (Å²) in [5.74, 6) is 1.13. The van der Waals surface area contributed by atoms with Crippen LogP contribution in [0.3, 0.4) is 0 Å². The van der Waals surface area contributed by atoms with E-state index in [1.165, 1.54) is 207 Å². The van der Waals surface area contributed by atoms with Gasteiger partial charge >= 0.3 is 0 Å². The highest BCUT2D eigenvalue weighted by Gasteiger charge is 2.17. The van der Waals surface area contributed by atoms with Crippen LogP contribution in [0.4, 0.5) is 0 Å². The molecule has 0 radical (unpaired) electrons. The van der Waals surface area contributed by atoms with Crippen LogP contribution in [0, 0.1) is 0 Å². The van der Waals surface area contributed by atoms with Crippen LogP contribution >= 0.6 is 15.8 Å². The van der Waals surface area contributed by atoms with E-state index in [-0.39, 0.29) is 15.8 Å². The van der Waals surface area contributed by atoms with Gasteiger partial charge < -0.3 is 4.74 Å². The van der Waals surface area contributed by atoms with Gasteiger partial charge in [-0.05, 0) is 85.1 Å². The lowest BCUT2D eigenvalue weighted by atomic mass is 10.0. The van der Waals surface area contributed by atoms with E-state index in [0.717, 1.165) is 5.75 Å². The van der Waals surface area contributed by atoms with Crippen LogP contribution in [0.2, 0.25) is 0 Å². The van der Waals surface area contributed by atoms with Gasteiger partial charge in [0.1, 0.15) is 5.75 Å². The minimum atomic E-state index is -0.00530. The van der Waals surface area contributed by atoms with E-state index >= 15 is 0 Å². The van der Waals surface area contributed by atoms with Crippen LogP contribution in [0.5, 0.6) is 5.75 Å². The molecule has 48 heavy (non-hydrogen) atoms. The molecular weight excluding hydrogens is 618 g/mol. The number of unbranched alkanes of at least 4 members (excludes halogenated alkanes) is 20. The van der Waals surface area contributed by atoms with Gasteiger partial charge in [-0.3, -0.25) is 0 Å². The second-order valence-electron chi connectivity index (χ2n) is 14.9. The fraction of sp³-hybridized carbons (Fsp3) is 0.778. The molecule has 0 saturated heterocycles. The van der Waals surface area contributed by atoms with Gasteiger partial charge in [-0.2, -0.15) is 0 Å². The van der Waals surface area contributed by atoms with Crippen molar-refractivity contribution in [3.05, 3.63) is 41.5 Å². The van der Waals surface area contributed by atoms with Crippen LogP contribution in [0.1, 0.15) is 193 Å². The van der Waals surface area contributed by atoms with Gasteiger partial charge in [-0.15, -0.1) is 15.8 Å². The molecular formula is C45H80OP2. The number of ether oxygens (including phenoxy) is 1. The normalized spacial score (nSPS) is 11.8. The minimum absolute atomic E-state index is 0.00530. The summed E-state index contributed by atoms with van der Waals surface area (Å²) in [4.78, 5) is 0. The molecule has 0 unspecified atom stereocenters. The van der Waals surface area contributed by atoms with Crippen LogP contribution in [-0.4, -0.2) is 31.8 Å². The van der Waals surface area contributed by atoms with Crippen LogP contribution in [-0.2, 0) is 12.3 Å². The minimum Gasteiger partial charge on any atom is -0.496 e. The van der Waals surface area contributed by atoms with E-state index in [1.54, 1.807) is 5.56 Å². The van der Waals surface area contributed by atoms with Gasteiger partial charge in [-0.1, -0.05) is 180 Å². The highest BCUT2D eigenvalue weighted by atomic mass is 31.1. The molecule has 0 bridgehead atoms. The van der Waals surface area contributed by atoms with Crippen molar-refractivity contribution >= 4 is 26.6 Å². The molecule has 0 aromatic heterocycles. The van der Waals surface area contributed by atoms with E-state index in [1.807, 2.05) is 7.11 Å². The summed E-state index contributed by atoms with van der Waals surface area (Å²) in [5, 5.41) is 2.92. The predicted octanol–water partition coefficient (Wildman–Crippen LogP) is 16.3. The van der Waals surface area contributed by atoms with Crippen molar-refractivity contribution in [2.24, 2.45) is 0 Å². The summed E-state index contributed by atoms with van der Waals surface area (Å²) in [6.07, 6.45) is 42.3. The number of benzene rings is 2. The standard InChI is InChI=1S/C45H80OP2/c1-6-10-14-18-22-26-34-47(35-27-23-19-15-11-7-2)39-41-30-32-43-42(38-41)31-33-45(46-5)44(43)40-48(36-28-24-20-16-12-8-3)37-29-25-21-17-13-9-4/h30-33,38H,6-29,34-37,39-40H2,1-5H3. The lowest BCUT2D eigenvalue weighted by Gasteiger charge is -2.22. The lowest BCUT2D eigenvalue weighted by molar-refractivity contribution is 0.412. The largest absolute Gasteiger partial charge is 0.496 e. The molecule has 0 N–H and O–H groups in total. The Balaban J connectivity index is 2.13. The Morgan fingerprint density at radius 3 is 1.25 bits per heavy atom. The molecule has 0 spiro atoms. The van der Waals surface area contributed by atoms with Crippen molar-refractivity contribution in [3.8, 4) is 5.75 Å². The van der Waals surface area contributed by atoms with Crippen LogP contribution in [0.15, 0.2) is 30.3 Å². The summed E-state index contributed by atoms with van der Waals surface area (Å²) < 4.78 is 6.06. The average Bonchev–Trinajstić information content (AvgIpc) is 3.10. The zero-order valence-corrected chi connectivity index (χ0v) is 34.7. The van der Waals surface area contributed by atoms with Gasteiger partial charge in [0.05, 0.1) is 7.11 Å². The number of rotatable bonds is 33. The van der Waals surface area contributed by atoms with E-state index in [4.69, 9.17) is 4.74 Å². The molecule has 0 amide bonds. The van der Waals surface area contributed by atoms with E-state index in [9.17, 15) is 0 Å². The first-order chi connectivity index (χ1) is 23.7. The molecule has 0 aliphatic carbocycles. The average molecular weight is 699 g/mol. The number of fused-ring (bicyclic) bond motifs is 1. The molecule has 0 aliphatic rings. The van der Waals surface area contributed by atoms with Gasteiger partial charge in [0.15, 0.2) is 0 Å². The zero-order valence-electron chi connectivity index (χ0n) is 32.9. The Morgan fingerprint density at radius 2 is 0.833 bits per heavy atom. The number of hydrogen-bond donors (Lipinski definition) is 0. The summed E-state index contributed by atoms with van der Waals surface area (Å²) in [6, 6.07) is 12.2. The van der Waals surface area contributed by atoms with Crippen LogP contribution < -0.4 is 4.74 Å². The Labute approximate surface area is 303 Å². The second-order valence-corrected chi connectivity index (χ2v) is 20.0.